The van der Waals surface area contributed by atoms with Crippen LogP contribution in [-0.2, 0) is 0 Å². The fourth-order valence-corrected chi connectivity index (χ4v) is 2.65. The van der Waals surface area contributed by atoms with Gasteiger partial charge in [0.05, 0.1) is 5.39 Å². The molecule has 108 valence electrons. The van der Waals surface area contributed by atoms with Crippen LogP contribution in [0.4, 0.5) is 0 Å². The first kappa shape index (κ1) is 13.6. The van der Waals surface area contributed by atoms with Gasteiger partial charge >= 0.3 is 0 Å². The lowest BCUT2D eigenvalue weighted by Crippen LogP contribution is -2.26. The molecule has 0 bridgehead atoms. The van der Waals surface area contributed by atoms with E-state index in [1.165, 1.54) is 0 Å². The number of rotatable bonds is 2. The lowest BCUT2D eigenvalue weighted by molar-refractivity contribution is 0.724. The zero-order valence-electron chi connectivity index (χ0n) is 12.3. The van der Waals surface area contributed by atoms with Crippen molar-refractivity contribution in [3.8, 4) is 5.82 Å². The van der Waals surface area contributed by atoms with E-state index < -0.39 is 0 Å². The van der Waals surface area contributed by atoms with Gasteiger partial charge in [-0.3, -0.25) is 14.5 Å². The molecule has 0 aliphatic carbocycles. The monoisotopic (exact) mass is 282 g/mol. The quantitative estimate of drug-likeness (QED) is 0.757. The predicted molar refractivity (Wildman–Crippen MR) is 83.8 cm³/mol. The van der Waals surface area contributed by atoms with E-state index in [1.807, 2.05) is 51.1 Å². The van der Waals surface area contributed by atoms with E-state index in [1.54, 1.807) is 4.57 Å². The van der Waals surface area contributed by atoms with E-state index in [2.05, 4.69) is 10.2 Å². The van der Waals surface area contributed by atoms with Crippen molar-refractivity contribution in [2.45, 2.75) is 26.8 Å². The Hall–Kier alpha value is -2.40. The summed E-state index contributed by atoms with van der Waals surface area (Å²) in [6.07, 6.45) is 0. The second-order valence-corrected chi connectivity index (χ2v) is 5.45. The van der Waals surface area contributed by atoms with Crippen LogP contribution in [0.15, 0.2) is 35.1 Å². The van der Waals surface area contributed by atoms with Crippen molar-refractivity contribution in [2.24, 2.45) is 5.73 Å². The number of nitrogens with zero attached hydrogens (tertiary/aromatic N) is 2. The molecule has 21 heavy (non-hydrogen) atoms. The molecular weight excluding hydrogens is 264 g/mol. The Kier molecular flexibility index (Phi) is 3.14. The van der Waals surface area contributed by atoms with Crippen molar-refractivity contribution in [1.82, 2.24) is 14.8 Å². The van der Waals surface area contributed by atoms with Gasteiger partial charge in [0, 0.05) is 23.5 Å². The minimum absolute atomic E-state index is 0.0793. The van der Waals surface area contributed by atoms with Gasteiger partial charge in [0.2, 0.25) is 0 Å². The summed E-state index contributed by atoms with van der Waals surface area (Å²) >= 11 is 0. The van der Waals surface area contributed by atoms with Gasteiger partial charge < -0.3 is 5.73 Å². The number of aryl methyl sites for hydroxylation is 2. The Morgan fingerprint density at radius 1 is 1.29 bits per heavy atom. The molecule has 5 nitrogen and oxygen atoms in total. The predicted octanol–water partition coefficient (Wildman–Crippen LogP) is 2.35. The lowest BCUT2D eigenvalue weighted by atomic mass is 10.0. The molecule has 0 amide bonds. The molecule has 0 aliphatic rings. The topological polar surface area (TPSA) is 76.7 Å². The molecule has 0 spiro atoms. The van der Waals surface area contributed by atoms with Crippen LogP contribution in [0.1, 0.15) is 29.9 Å². The summed E-state index contributed by atoms with van der Waals surface area (Å²) in [5.41, 5.74) is 8.59. The number of fused-ring (bicyclic) bond motifs is 1. The molecule has 0 fully saturated rings. The van der Waals surface area contributed by atoms with E-state index in [0.717, 1.165) is 22.3 Å². The van der Waals surface area contributed by atoms with Crippen molar-refractivity contribution in [3.63, 3.8) is 0 Å². The first-order valence-corrected chi connectivity index (χ1v) is 6.92. The molecule has 3 aromatic rings. The highest BCUT2D eigenvalue weighted by molar-refractivity contribution is 5.85. The molecule has 0 aliphatic heterocycles. The Morgan fingerprint density at radius 2 is 2.05 bits per heavy atom. The first-order chi connectivity index (χ1) is 9.99. The van der Waals surface area contributed by atoms with Crippen LogP contribution in [0, 0.1) is 13.8 Å². The average molecular weight is 282 g/mol. The Balaban J connectivity index is 2.46. The highest BCUT2D eigenvalue weighted by atomic mass is 16.1. The third kappa shape index (κ3) is 2.15. The van der Waals surface area contributed by atoms with Crippen LogP contribution in [0.25, 0.3) is 16.6 Å². The third-order valence-electron chi connectivity index (χ3n) is 3.67. The number of aromatic amines is 1. The Morgan fingerprint density at radius 3 is 2.67 bits per heavy atom. The SMILES string of the molecule is Cc1cc(-n2c([C@H](C)N)cc3cccc(C)c3c2=O)n[nH]1. The second kappa shape index (κ2) is 4.86. The highest BCUT2D eigenvalue weighted by Crippen LogP contribution is 2.21. The normalized spacial score (nSPS) is 12.8. The van der Waals surface area contributed by atoms with Crippen LogP contribution in [0.5, 0.6) is 0 Å². The Bertz CT molecular complexity index is 874. The fraction of sp³-hybridized carbons (Fsp3) is 0.250. The number of benzene rings is 1. The summed E-state index contributed by atoms with van der Waals surface area (Å²) in [5, 5.41) is 8.70. The zero-order valence-corrected chi connectivity index (χ0v) is 12.3. The van der Waals surface area contributed by atoms with Crippen LogP contribution < -0.4 is 11.3 Å². The van der Waals surface area contributed by atoms with E-state index in [0.29, 0.717) is 11.2 Å². The largest absolute Gasteiger partial charge is 0.323 e. The van der Waals surface area contributed by atoms with Gasteiger partial charge in [0.25, 0.3) is 5.56 Å². The van der Waals surface area contributed by atoms with Gasteiger partial charge in [-0.2, -0.15) is 5.10 Å². The number of pyridine rings is 1. The number of H-pyrrole nitrogens is 1. The van der Waals surface area contributed by atoms with Crippen molar-refractivity contribution in [2.75, 3.05) is 0 Å². The molecule has 5 heteroatoms. The molecule has 1 atom stereocenters. The summed E-state index contributed by atoms with van der Waals surface area (Å²) in [4.78, 5) is 12.9. The first-order valence-electron chi connectivity index (χ1n) is 6.92. The number of aromatic nitrogens is 3. The second-order valence-electron chi connectivity index (χ2n) is 5.45. The smallest absolute Gasteiger partial charge is 0.264 e. The summed E-state index contributed by atoms with van der Waals surface area (Å²) < 4.78 is 1.60. The highest BCUT2D eigenvalue weighted by Gasteiger charge is 2.16. The molecule has 0 unspecified atom stereocenters. The molecule has 0 saturated heterocycles. The van der Waals surface area contributed by atoms with Crippen molar-refractivity contribution >= 4 is 10.8 Å². The van der Waals surface area contributed by atoms with Crippen molar-refractivity contribution in [3.05, 3.63) is 57.6 Å². The maximum atomic E-state index is 12.9. The third-order valence-corrected chi connectivity index (χ3v) is 3.67. The summed E-state index contributed by atoms with van der Waals surface area (Å²) in [7, 11) is 0. The van der Waals surface area contributed by atoms with Crippen LogP contribution >= 0.6 is 0 Å². The Labute approximate surface area is 122 Å². The number of hydrogen-bond acceptors (Lipinski definition) is 3. The van der Waals surface area contributed by atoms with E-state index in [-0.39, 0.29) is 11.6 Å². The van der Waals surface area contributed by atoms with Gasteiger partial charge in [-0.1, -0.05) is 18.2 Å². The van der Waals surface area contributed by atoms with E-state index in [4.69, 9.17) is 5.73 Å². The van der Waals surface area contributed by atoms with Crippen molar-refractivity contribution < 1.29 is 0 Å². The molecule has 3 N–H and O–H groups in total. The van der Waals surface area contributed by atoms with Gasteiger partial charge in [0.15, 0.2) is 5.82 Å². The molecular formula is C16H18N4O. The number of hydrogen-bond donors (Lipinski definition) is 2. The van der Waals surface area contributed by atoms with E-state index >= 15 is 0 Å². The van der Waals surface area contributed by atoms with Crippen LogP contribution in [0.3, 0.4) is 0 Å². The van der Waals surface area contributed by atoms with Gasteiger partial charge in [0.1, 0.15) is 0 Å². The molecule has 3 rings (SSSR count). The average Bonchev–Trinajstić information content (AvgIpc) is 2.84. The summed E-state index contributed by atoms with van der Waals surface area (Å²) in [6.45, 7) is 5.71. The minimum Gasteiger partial charge on any atom is -0.323 e. The maximum Gasteiger partial charge on any atom is 0.264 e. The molecule has 1 aromatic carbocycles. The lowest BCUT2D eigenvalue weighted by Gasteiger charge is -2.15. The van der Waals surface area contributed by atoms with Gasteiger partial charge in [-0.25, -0.2) is 0 Å². The van der Waals surface area contributed by atoms with Gasteiger partial charge in [-0.15, -0.1) is 0 Å². The van der Waals surface area contributed by atoms with Gasteiger partial charge in [-0.05, 0) is 37.8 Å². The molecule has 0 saturated carbocycles. The van der Waals surface area contributed by atoms with E-state index in [9.17, 15) is 4.79 Å². The standard InChI is InChI=1S/C16H18N4O/c1-9-5-4-6-12-8-13(11(3)17)20(16(21)15(9)12)14-7-10(2)18-19-14/h4-8,11H,17H2,1-3H3,(H,18,19)/t11-/m0/s1. The number of nitrogens with one attached hydrogen (secondary N) is 1. The summed E-state index contributed by atoms with van der Waals surface area (Å²) in [5.74, 6) is 0.579. The van der Waals surface area contributed by atoms with Crippen molar-refractivity contribution in [1.29, 1.82) is 0 Å². The maximum absolute atomic E-state index is 12.9. The minimum atomic E-state index is -0.264. The zero-order chi connectivity index (χ0) is 15.1. The van der Waals surface area contributed by atoms with Crippen LogP contribution in [0.2, 0.25) is 0 Å². The number of nitrogens with two attached hydrogens (primary N) is 1. The molecule has 2 heterocycles. The summed E-state index contributed by atoms with van der Waals surface area (Å²) in [6, 6.07) is 9.38. The fourth-order valence-electron chi connectivity index (χ4n) is 2.65. The van der Waals surface area contributed by atoms with Crippen LogP contribution in [-0.4, -0.2) is 14.8 Å². The molecule has 0 radical (unpaired) electrons. The molecule has 2 aromatic heterocycles.